The van der Waals surface area contributed by atoms with Gasteiger partial charge in [0.2, 0.25) is 0 Å². The predicted molar refractivity (Wildman–Crippen MR) is 341 cm³/mol. The fourth-order valence-corrected chi connectivity index (χ4v) is 12.4. The first-order valence-electron chi connectivity index (χ1n) is 28.7. The van der Waals surface area contributed by atoms with Crippen LogP contribution in [0.4, 0.5) is 17.1 Å². The van der Waals surface area contributed by atoms with Gasteiger partial charge in [-0.25, -0.2) is 0 Å². The molecule has 0 aliphatic heterocycles. The number of benzene rings is 10. The molecule has 0 saturated heterocycles. The van der Waals surface area contributed by atoms with Crippen molar-refractivity contribution in [3.05, 3.63) is 283 Å². The number of para-hydroxylation sites is 1. The molecule has 0 spiro atoms. The highest BCUT2D eigenvalue weighted by Gasteiger charge is 2.44. The molecule has 3 nitrogen and oxygen atoms in total. The summed E-state index contributed by atoms with van der Waals surface area (Å²) in [4.78, 5) is 2.44. The van der Waals surface area contributed by atoms with E-state index >= 15 is 0 Å². The Morgan fingerprint density at radius 3 is 1.59 bits per heavy atom. The van der Waals surface area contributed by atoms with E-state index < -0.39 is 0 Å². The van der Waals surface area contributed by atoms with Gasteiger partial charge in [0.1, 0.15) is 5.75 Å². The lowest BCUT2D eigenvalue weighted by molar-refractivity contribution is 0.304. The maximum atomic E-state index is 6.06. The number of unbranched alkanes of at least 4 members (excludes halogenated alkanes) is 5. The van der Waals surface area contributed by atoms with E-state index in [9.17, 15) is 0 Å². The van der Waals surface area contributed by atoms with Gasteiger partial charge in [-0.05, 0) is 170 Å². The van der Waals surface area contributed by atoms with Crippen molar-refractivity contribution in [3.8, 4) is 44.8 Å². The second-order valence-electron chi connectivity index (χ2n) is 22.7. The summed E-state index contributed by atoms with van der Waals surface area (Å²) >= 11 is 0. The summed E-state index contributed by atoms with van der Waals surface area (Å²) in [5.74, 6) is 0.928. The molecule has 11 aromatic rings. The van der Waals surface area contributed by atoms with Gasteiger partial charge in [-0.15, -0.1) is 0 Å². The topological polar surface area (TPSA) is 17.4 Å². The van der Waals surface area contributed by atoms with E-state index in [1.54, 1.807) is 0 Å². The van der Waals surface area contributed by atoms with Crippen LogP contribution in [-0.4, -0.2) is 11.2 Å². The number of hydrogen-bond donors (Lipinski definition) is 0. The number of rotatable bonds is 19. The molecule has 0 N–H and O–H groups in total. The summed E-state index contributed by atoms with van der Waals surface area (Å²) < 4.78 is 8.46. The number of hydrogen-bond acceptors (Lipinski definition) is 2. The van der Waals surface area contributed by atoms with Crippen molar-refractivity contribution in [2.45, 2.75) is 76.5 Å². The number of fused-ring (bicyclic) bond motifs is 6. The molecule has 1 atom stereocenters. The standard InChI is InChI=1S/C77H70N2O/c1-6-55-28-40-65(41-29-55)79-74-48-36-59(57-32-38-61(39-33-57)76(3,4)5)52-70(74)71-53-60(37-49-75(71)79)58-34-42-64(43-35-58)78(63-24-16-13-17-25-63)66-44-47-69-68-26-18-19-27-72(68)77(73(69)54-66,62-22-14-12-15-23-62)50-20-10-8-9-11-21-51-80-67-45-30-56(7-2)31-46-67/h6-7,12-19,22-49,52-54H,1-2,8-11,20-21,50-51H2,3-5H3. The predicted octanol–water partition coefficient (Wildman–Crippen LogP) is 21.3. The van der Waals surface area contributed by atoms with Crippen molar-refractivity contribution in [2.24, 2.45) is 0 Å². The van der Waals surface area contributed by atoms with Gasteiger partial charge in [0.05, 0.1) is 17.6 Å². The minimum absolute atomic E-state index is 0.0918. The Hall–Kier alpha value is -8.92. The van der Waals surface area contributed by atoms with E-state index in [0.717, 1.165) is 65.5 Å². The summed E-state index contributed by atoms with van der Waals surface area (Å²) in [5.41, 5.74) is 21.8. The lowest BCUT2D eigenvalue weighted by Gasteiger charge is -2.34. The van der Waals surface area contributed by atoms with E-state index in [4.69, 9.17) is 4.74 Å². The molecule has 10 aromatic carbocycles. The minimum atomic E-state index is -0.293. The first kappa shape index (κ1) is 51.8. The smallest absolute Gasteiger partial charge is 0.119 e. The van der Waals surface area contributed by atoms with Crippen LogP contribution in [0.3, 0.4) is 0 Å². The van der Waals surface area contributed by atoms with Crippen LogP contribution in [0.25, 0.3) is 73.0 Å². The van der Waals surface area contributed by atoms with Gasteiger partial charge in [-0.3, -0.25) is 0 Å². The van der Waals surface area contributed by atoms with E-state index in [-0.39, 0.29) is 10.8 Å². The summed E-state index contributed by atoms with van der Waals surface area (Å²) in [6, 6.07) is 87.7. The Balaban J connectivity index is 0.863. The molecule has 1 aliphatic rings. The zero-order valence-electron chi connectivity index (χ0n) is 46.5. The summed E-state index contributed by atoms with van der Waals surface area (Å²) in [6.45, 7) is 15.4. The van der Waals surface area contributed by atoms with Crippen LogP contribution < -0.4 is 9.64 Å². The van der Waals surface area contributed by atoms with E-state index in [2.05, 4.69) is 268 Å². The van der Waals surface area contributed by atoms with E-state index in [1.807, 2.05) is 24.3 Å². The molecule has 0 amide bonds. The van der Waals surface area contributed by atoms with Crippen LogP contribution in [0.15, 0.2) is 250 Å². The van der Waals surface area contributed by atoms with Crippen molar-refractivity contribution in [1.29, 1.82) is 0 Å². The van der Waals surface area contributed by atoms with Crippen LogP contribution in [0.5, 0.6) is 5.75 Å². The Kier molecular flexibility index (Phi) is 14.5. The third-order valence-corrected chi connectivity index (χ3v) is 16.7. The van der Waals surface area contributed by atoms with E-state index in [0.29, 0.717) is 0 Å². The SMILES string of the molecule is C=Cc1ccc(OCCCCCCCCC2(c3ccccc3)c3ccccc3-c3ccc(N(c4ccccc4)c4ccc(-c5ccc6c(c5)c5cc(-c7ccc(C(C)(C)C)cc7)ccc5n6-c5ccc(C=C)cc5)cc4)cc32)cc1. The Bertz CT molecular complexity index is 3960. The first-order valence-corrected chi connectivity index (χ1v) is 28.7. The Morgan fingerprint density at radius 1 is 0.450 bits per heavy atom. The first-order chi connectivity index (χ1) is 39.2. The lowest BCUT2D eigenvalue weighted by Crippen LogP contribution is -2.27. The Labute approximate surface area is 473 Å². The number of anilines is 3. The zero-order valence-corrected chi connectivity index (χ0v) is 46.5. The van der Waals surface area contributed by atoms with Gasteiger partial charge in [-0.1, -0.05) is 230 Å². The number of ether oxygens (including phenoxy) is 1. The molecule has 1 heterocycles. The maximum absolute atomic E-state index is 6.06. The monoisotopic (exact) mass is 1040 g/mol. The second-order valence-corrected chi connectivity index (χ2v) is 22.7. The van der Waals surface area contributed by atoms with E-state index in [1.165, 1.54) is 103 Å². The fourth-order valence-electron chi connectivity index (χ4n) is 12.4. The molecule has 80 heavy (non-hydrogen) atoms. The molecule has 1 aromatic heterocycles. The zero-order chi connectivity index (χ0) is 54.6. The molecule has 3 heteroatoms. The van der Waals surface area contributed by atoms with Crippen LogP contribution in [0.1, 0.15) is 99.1 Å². The normalized spacial score (nSPS) is 13.7. The van der Waals surface area contributed by atoms with Gasteiger partial charge in [0.15, 0.2) is 0 Å². The molecule has 0 radical (unpaired) electrons. The maximum Gasteiger partial charge on any atom is 0.119 e. The van der Waals surface area contributed by atoms with Gasteiger partial charge < -0.3 is 14.2 Å². The van der Waals surface area contributed by atoms with Crippen LogP contribution in [0, 0.1) is 0 Å². The molecule has 394 valence electrons. The van der Waals surface area contributed by atoms with Crippen molar-refractivity contribution in [3.63, 3.8) is 0 Å². The highest BCUT2D eigenvalue weighted by Crippen LogP contribution is 2.56. The molecule has 0 saturated carbocycles. The highest BCUT2D eigenvalue weighted by molar-refractivity contribution is 6.11. The Morgan fingerprint density at radius 2 is 0.963 bits per heavy atom. The molecular weight excluding hydrogens is 969 g/mol. The van der Waals surface area contributed by atoms with Crippen molar-refractivity contribution < 1.29 is 4.74 Å². The third kappa shape index (κ3) is 10.1. The summed E-state index contributed by atoms with van der Waals surface area (Å²) in [7, 11) is 0. The van der Waals surface area contributed by atoms with Gasteiger partial charge in [0, 0.05) is 38.9 Å². The number of aromatic nitrogens is 1. The summed E-state index contributed by atoms with van der Waals surface area (Å²) in [6.07, 6.45) is 11.8. The average molecular weight is 1040 g/mol. The van der Waals surface area contributed by atoms with Gasteiger partial charge >= 0.3 is 0 Å². The molecule has 12 rings (SSSR count). The molecule has 0 bridgehead atoms. The largest absolute Gasteiger partial charge is 0.494 e. The fraction of sp³-hybridized carbons (Fsp3) is 0.169. The van der Waals surface area contributed by atoms with Crippen LogP contribution in [0.2, 0.25) is 0 Å². The van der Waals surface area contributed by atoms with Crippen LogP contribution in [-0.2, 0) is 10.8 Å². The van der Waals surface area contributed by atoms with Gasteiger partial charge in [0.25, 0.3) is 0 Å². The van der Waals surface area contributed by atoms with Crippen molar-refractivity contribution in [2.75, 3.05) is 11.5 Å². The molecular formula is C77H70N2O. The third-order valence-electron chi connectivity index (χ3n) is 16.7. The summed E-state index contributed by atoms with van der Waals surface area (Å²) in [5, 5.41) is 2.45. The highest BCUT2D eigenvalue weighted by atomic mass is 16.5. The van der Waals surface area contributed by atoms with Crippen molar-refractivity contribution in [1.82, 2.24) is 4.57 Å². The van der Waals surface area contributed by atoms with Crippen LogP contribution >= 0.6 is 0 Å². The quantitative estimate of drug-likeness (QED) is 0.0751. The lowest BCUT2D eigenvalue weighted by atomic mass is 9.69. The molecule has 0 fully saturated rings. The molecule has 1 unspecified atom stereocenters. The minimum Gasteiger partial charge on any atom is -0.494 e. The second kappa shape index (κ2) is 22.4. The van der Waals surface area contributed by atoms with Crippen molar-refractivity contribution >= 4 is 51.0 Å². The molecule has 1 aliphatic carbocycles. The average Bonchev–Trinajstić information content (AvgIpc) is 4.22. The number of nitrogens with zero attached hydrogens (tertiary/aromatic N) is 2. The van der Waals surface area contributed by atoms with Gasteiger partial charge in [-0.2, -0.15) is 0 Å².